The van der Waals surface area contributed by atoms with Crippen LogP contribution in [-0.2, 0) is 42.9 Å². The third kappa shape index (κ3) is 8.65. The smallest absolute Gasteiger partial charge is 0.317 e. The first kappa shape index (κ1) is 43.6. The molecule has 18 unspecified atom stereocenters. The highest BCUT2D eigenvalue weighted by Crippen LogP contribution is 2.63. The maximum absolute atomic E-state index is 13.4. The van der Waals surface area contributed by atoms with Crippen LogP contribution in [0, 0.1) is 101 Å². The molecular formula is C47H72O11. The summed E-state index contributed by atoms with van der Waals surface area (Å²) in [5, 5.41) is 21.5. The summed E-state index contributed by atoms with van der Waals surface area (Å²) >= 11 is 0. The topological polar surface area (TPSA) is 163 Å². The molecule has 0 radical (unpaired) electrons. The van der Waals surface area contributed by atoms with Crippen molar-refractivity contribution in [2.45, 2.75) is 149 Å². The maximum Gasteiger partial charge on any atom is 0.317 e. The fourth-order valence-electron chi connectivity index (χ4n) is 15.3. The zero-order valence-electron chi connectivity index (χ0n) is 36.0. The number of carboxylic acids is 1. The predicted octanol–water partition coefficient (Wildman–Crippen LogP) is 7.84. The standard InChI is InChI=1S/C47H72O11/c1-7-27-24-16-35(38(19-24)41(48)22-42(49)58-47(3,4)5)31(27)11-9-10-29-26-18-37(40(21-26)44(52)56-23-55-6)32(29)13-12-30-25-17-36(39(20-25)43(50)51)33(30)14-15-34-28(8-2)45(53)57-46(34)54/h24-41,48H,7-23H2,1-6H3,(H,50,51). The van der Waals surface area contributed by atoms with Crippen LogP contribution in [0.2, 0.25) is 0 Å². The van der Waals surface area contributed by atoms with E-state index in [2.05, 4.69) is 6.92 Å². The molecule has 0 spiro atoms. The second-order valence-corrected chi connectivity index (χ2v) is 21.0. The third-order valence-electron chi connectivity index (χ3n) is 17.3. The Morgan fingerprint density at radius 1 is 0.707 bits per heavy atom. The van der Waals surface area contributed by atoms with Gasteiger partial charge in [-0.3, -0.25) is 24.0 Å². The van der Waals surface area contributed by atoms with Crippen LogP contribution in [0.4, 0.5) is 0 Å². The Hall–Kier alpha value is -2.53. The van der Waals surface area contributed by atoms with Crippen molar-refractivity contribution in [3.05, 3.63) is 0 Å². The van der Waals surface area contributed by atoms with E-state index < -0.39 is 41.4 Å². The molecule has 2 N–H and O–H groups in total. The molecule has 7 rings (SSSR count). The maximum atomic E-state index is 13.4. The number of cyclic esters (lactones) is 2. The Labute approximate surface area is 345 Å². The van der Waals surface area contributed by atoms with Crippen LogP contribution in [0.1, 0.15) is 137 Å². The van der Waals surface area contributed by atoms with Gasteiger partial charge in [0.25, 0.3) is 0 Å². The van der Waals surface area contributed by atoms with Crippen LogP contribution in [-0.4, -0.2) is 65.7 Å². The van der Waals surface area contributed by atoms with Gasteiger partial charge in [-0.25, -0.2) is 0 Å². The van der Waals surface area contributed by atoms with Crippen LogP contribution < -0.4 is 0 Å². The molecule has 6 saturated carbocycles. The van der Waals surface area contributed by atoms with Gasteiger partial charge >= 0.3 is 29.8 Å². The largest absolute Gasteiger partial charge is 0.481 e. The van der Waals surface area contributed by atoms with Crippen LogP contribution in [0.3, 0.4) is 0 Å². The van der Waals surface area contributed by atoms with Crippen molar-refractivity contribution in [3.8, 4) is 0 Å². The first-order valence-corrected chi connectivity index (χ1v) is 23.2. The lowest BCUT2D eigenvalue weighted by atomic mass is 9.65. The molecule has 1 heterocycles. The van der Waals surface area contributed by atoms with Crippen LogP contribution in [0.15, 0.2) is 0 Å². The fraction of sp³-hybridized carbons (Fsp3) is 0.894. The number of ether oxygens (including phenoxy) is 4. The average Bonchev–Trinajstić information content (AvgIpc) is 4.03. The van der Waals surface area contributed by atoms with Crippen molar-refractivity contribution < 1.29 is 53.1 Å². The average molecular weight is 813 g/mol. The Bertz CT molecular complexity index is 1520. The van der Waals surface area contributed by atoms with Crippen LogP contribution in [0.5, 0.6) is 0 Å². The number of hydrogen-bond acceptors (Lipinski definition) is 10. The lowest BCUT2D eigenvalue weighted by Gasteiger charge is -2.40. The van der Waals surface area contributed by atoms with E-state index in [-0.39, 0.29) is 60.7 Å². The van der Waals surface area contributed by atoms with Crippen molar-refractivity contribution >= 4 is 29.8 Å². The summed E-state index contributed by atoms with van der Waals surface area (Å²) in [5.74, 6) is 1.70. The number of hydrogen-bond donors (Lipinski definition) is 2. The molecule has 1 aliphatic heterocycles. The van der Waals surface area contributed by atoms with Crippen molar-refractivity contribution in [1.82, 2.24) is 0 Å². The highest BCUT2D eigenvalue weighted by Gasteiger charge is 2.58. The summed E-state index contributed by atoms with van der Waals surface area (Å²) in [6.07, 6.45) is 13.5. The number of carbonyl (C=O) groups is 5. The molecule has 11 nitrogen and oxygen atoms in total. The Morgan fingerprint density at radius 2 is 1.26 bits per heavy atom. The van der Waals surface area contributed by atoms with Crippen LogP contribution >= 0.6 is 0 Å². The minimum atomic E-state index is -0.715. The van der Waals surface area contributed by atoms with Crippen LogP contribution in [0.25, 0.3) is 0 Å². The van der Waals surface area contributed by atoms with Gasteiger partial charge in [-0.15, -0.1) is 0 Å². The molecule has 0 aromatic heterocycles. The lowest BCUT2D eigenvalue weighted by molar-refractivity contribution is -0.162. The van der Waals surface area contributed by atoms with Gasteiger partial charge in [0.2, 0.25) is 0 Å². The molecule has 7 fully saturated rings. The molecule has 6 aliphatic carbocycles. The molecule has 6 bridgehead atoms. The van der Waals surface area contributed by atoms with E-state index in [0.717, 1.165) is 77.0 Å². The van der Waals surface area contributed by atoms with Gasteiger partial charge in [0, 0.05) is 7.11 Å². The fourth-order valence-corrected chi connectivity index (χ4v) is 15.3. The number of carboxylic acid groups (broad SMARTS) is 1. The molecular weight excluding hydrogens is 741 g/mol. The van der Waals surface area contributed by atoms with Crippen molar-refractivity contribution in [2.24, 2.45) is 101 Å². The van der Waals surface area contributed by atoms with Gasteiger partial charge in [-0.05, 0) is 181 Å². The highest BCUT2D eigenvalue weighted by molar-refractivity contribution is 5.96. The SMILES string of the molecule is CCC1C(=O)OC(=O)C1CCC1C(CCC2C(CCCC3C(CC)C4CC(C(O)CC(=O)OC(C)(C)C)C3C4)C3CC(C(=O)OCOC)C2C3)C2CC(C(=O)O)C1C2. The van der Waals surface area contributed by atoms with Crippen molar-refractivity contribution in [1.29, 1.82) is 0 Å². The molecule has 11 heteroatoms. The Kier molecular flexibility index (Phi) is 13.4. The summed E-state index contributed by atoms with van der Waals surface area (Å²) in [6, 6.07) is 0. The zero-order chi connectivity index (χ0) is 41.6. The minimum absolute atomic E-state index is 0.0347. The van der Waals surface area contributed by atoms with Crippen molar-refractivity contribution in [2.75, 3.05) is 13.9 Å². The molecule has 0 aromatic rings. The lowest BCUT2D eigenvalue weighted by Crippen LogP contribution is -2.37. The number of fused-ring (bicyclic) bond motifs is 6. The number of aliphatic carboxylic acids is 1. The normalized spacial score (nSPS) is 41.7. The molecule has 58 heavy (non-hydrogen) atoms. The van der Waals surface area contributed by atoms with Gasteiger partial charge in [0.05, 0.1) is 36.2 Å². The van der Waals surface area contributed by atoms with E-state index in [1.54, 1.807) is 0 Å². The van der Waals surface area contributed by atoms with E-state index in [9.17, 15) is 34.2 Å². The molecule has 0 amide bonds. The van der Waals surface area contributed by atoms with E-state index in [0.29, 0.717) is 72.5 Å². The Morgan fingerprint density at radius 3 is 1.90 bits per heavy atom. The van der Waals surface area contributed by atoms with E-state index >= 15 is 0 Å². The minimum Gasteiger partial charge on any atom is -0.481 e. The highest BCUT2D eigenvalue weighted by atomic mass is 16.7. The Balaban J connectivity index is 1.02. The number of aliphatic hydroxyl groups is 1. The number of carbonyl (C=O) groups excluding carboxylic acids is 4. The molecule has 18 atom stereocenters. The molecule has 7 aliphatic rings. The molecule has 326 valence electrons. The first-order chi connectivity index (χ1) is 27.6. The van der Waals surface area contributed by atoms with Gasteiger partial charge < -0.3 is 29.2 Å². The zero-order valence-corrected chi connectivity index (χ0v) is 36.0. The summed E-state index contributed by atoms with van der Waals surface area (Å²) in [6.45, 7) is 9.77. The molecule has 1 saturated heterocycles. The van der Waals surface area contributed by atoms with Crippen molar-refractivity contribution in [3.63, 3.8) is 0 Å². The second-order valence-electron chi connectivity index (χ2n) is 21.0. The van der Waals surface area contributed by atoms with E-state index in [1.165, 1.54) is 7.11 Å². The number of esters is 4. The number of aliphatic hydroxyl groups excluding tert-OH is 1. The number of rotatable bonds is 19. The van der Waals surface area contributed by atoms with Gasteiger partial charge in [-0.1, -0.05) is 26.7 Å². The second kappa shape index (κ2) is 17.8. The molecule has 0 aromatic carbocycles. The summed E-state index contributed by atoms with van der Waals surface area (Å²) in [4.78, 5) is 63.5. The monoisotopic (exact) mass is 813 g/mol. The van der Waals surface area contributed by atoms with E-state index in [4.69, 9.17) is 18.9 Å². The first-order valence-electron chi connectivity index (χ1n) is 23.2. The van der Waals surface area contributed by atoms with Gasteiger partial charge in [-0.2, -0.15) is 0 Å². The third-order valence-corrected chi connectivity index (χ3v) is 17.3. The quantitative estimate of drug-likeness (QED) is 0.0566. The van der Waals surface area contributed by atoms with Gasteiger partial charge in [0.1, 0.15) is 5.60 Å². The summed E-state index contributed by atoms with van der Waals surface area (Å²) < 4.78 is 21.2. The predicted molar refractivity (Wildman–Crippen MR) is 213 cm³/mol. The number of methoxy groups -OCH3 is 1. The summed E-state index contributed by atoms with van der Waals surface area (Å²) in [5.41, 5.74) is -0.571. The van der Waals surface area contributed by atoms with E-state index in [1.807, 2.05) is 27.7 Å². The van der Waals surface area contributed by atoms with Gasteiger partial charge in [0.15, 0.2) is 6.79 Å². The summed E-state index contributed by atoms with van der Waals surface area (Å²) in [7, 11) is 1.53.